The van der Waals surface area contributed by atoms with Crippen LogP contribution in [0.15, 0.2) is 29.2 Å². The van der Waals surface area contributed by atoms with Crippen molar-refractivity contribution in [3.05, 3.63) is 29.8 Å². The van der Waals surface area contributed by atoms with Crippen molar-refractivity contribution < 1.29 is 36.7 Å². The molecule has 192 valence electrons. The van der Waals surface area contributed by atoms with Crippen LogP contribution in [0.1, 0.15) is 47.1 Å². The first-order chi connectivity index (χ1) is 14.5. The molecule has 0 fully saturated rings. The zero-order chi connectivity index (χ0) is 22.5. The van der Waals surface area contributed by atoms with Crippen LogP contribution in [-0.2, 0) is 33.2 Å². The summed E-state index contributed by atoms with van der Waals surface area (Å²) in [6.07, 6.45) is 2.01. The third-order valence-electron chi connectivity index (χ3n) is 3.45. The Hall–Kier alpha value is -1.07. The van der Waals surface area contributed by atoms with Gasteiger partial charge in [0.05, 0.1) is 57.8 Å². The number of benzene rings is 1. The van der Waals surface area contributed by atoms with Crippen molar-refractivity contribution in [1.29, 1.82) is 0 Å². The fourth-order valence-electron chi connectivity index (χ4n) is 1.97. The maximum absolute atomic E-state index is 11.8. The van der Waals surface area contributed by atoms with E-state index in [4.69, 9.17) is 28.2 Å². The fourth-order valence-corrected chi connectivity index (χ4v) is 2.87. The van der Waals surface area contributed by atoms with Gasteiger partial charge in [0.15, 0.2) is 0 Å². The molecular weight excluding hydrogens is 436 g/mol. The van der Waals surface area contributed by atoms with Gasteiger partial charge < -0.3 is 24.1 Å². The second kappa shape index (κ2) is 24.6. The number of ether oxygens (including phenoxy) is 4. The molecule has 0 unspecified atom stereocenters. The molecule has 8 nitrogen and oxygen atoms in total. The van der Waals surface area contributed by atoms with E-state index < -0.39 is 10.1 Å². The van der Waals surface area contributed by atoms with Gasteiger partial charge in [0.2, 0.25) is 0 Å². The molecule has 0 aliphatic carbocycles. The molecule has 0 aliphatic rings. The van der Waals surface area contributed by atoms with Gasteiger partial charge in [-0.1, -0.05) is 46.4 Å². The second-order valence-electron chi connectivity index (χ2n) is 6.26. The van der Waals surface area contributed by atoms with E-state index in [0.29, 0.717) is 39.6 Å². The Kier molecular flexibility index (Phi) is 27.3. The number of hydrogen-bond donors (Lipinski definition) is 1. The summed E-state index contributed by atoms with van der Waals surface area (Å²) in [5.74, 6) is 0. The molecule has 9 heteroatoms. The van der Waals surface area contributed by atoms with E-state index in [1.54, 1.807) is 12.1 Å². The molecule has 0 heterocycles. The summed E-state index contributed by atoms with van der Waals surface area (Å²) in [4.78, 5) is 0.161. The molecule has 0 aliphatic heterocycles. The number of rotatable bonds is 17. The van der Waals surface area contributed by atoms with E-state index in [1.165, 1.54) is 12.1 Å². The van der Waals surface area contributed by atoms with Gasteiger partial charge in [-0.15, -0.1) is 0 Å². The minimum Gasteiger partial charge on any atom is -0.394 e. The highest BCUT2D eigenvalue weighted by atomic mass is 32.2. The quantitative estimate of drug-likeness (QED) is 0.264. The van der Waals surface area contributed by atoms with Gasteiger partial charge in [0.1, 0.15) is 0 Å². The van der Waals surface area contributed by atoms with Crippen LogP contribution in [0.4, 0.5) is 0 Å². The van der Waals surface area contributed by atoms with E-state index in [0.717, 1.165) is 25.0 Å². The largest absolute Gasteiger partial charge is 0.394 e. The summed E-state index contributed by atoms with van der Waals surface area (Å²) in [5, 5.41) is 8.30. The van der Waals surface area contributed by atoms with Gasteiger partial charge in [-0.25, -0.2) is 0 Å². The molecule has 32 heavy (non-hydrogen) atoms. The fraction of sp³-hybridized carbons (Fsp3) is 0.739. The predicted molar refractivity (Wildman–Crippen MR) is 129 cm³/mol. The smallest absolute Gasteiger partial charge is 0.297 e. The summed E-state index contributed by atoms with van der Waals surface area (Å²) in [6, 6.07) is 6.53. The van der Waals surface area contributed by atoms with E-state index in [-0.39, 0.29) is 39.6 Å². The van der Waals surface area contributed by atoms with Gasteiger partial charge in [-0.3, -0.25) is 4.18 Å². The van der Waals surface area contributed by atoms with Gasteiger partial charge in [-0.2, -0.15) is 8.42 Å². The number of aryl methyl sites for hydroxylation is 1. The van der Waals surface area contributed by atoms with Crippen LogP contribution >= 0.6 is 0 Å². The van der Waals surface area contributed by atoms with Crippen LogP contribution in [-0.4, -0.2) is 79.6 Å². The second-order valence-corrected chi connectivity index (χ2v) is 7.88. The summed E-state index contributed by atoms with van der Waals surface area (Å²) in [6.45, 7) is 10.4. The molecule has 0 radical (unpaired) electrons. The highest BCUT2D eigenvalue weighted by molar-refractivity contribution is 7.86. The predicted octanol–water partition coefficient (Wildman–Crippen LogP) is 3.84. The van der Waals surface area contributed by atoms with Crippen molar-refractivity contribution in [2.45, 2.75) is 53.4 Å². The third kappa shape index (κ3) is 20.8. The van der Waals surface area contributed by atoms with Gasteiger partial charge >= 0.3 is 0 Å². The topological polar surface area (TPSA) is 101 Å². The maximum atomic E-state index is 11.8. The Bertz CT molecular complexity index is 583. The van der Waals surface area contributed by atoms with Gasteiger partial charge in [-0.05, 0) is 31.9 Å². The summed E-state index contributed by atoms with van der Waals surface area (Å²) in [5.41, 5.74) is 0.999. The van der Waals surface area contributed by atoms with Crippen LogP contribution in [0.5, 0.6) is 0 Å². The number of aliphatic hydroxyl groups is 1. The van der Waals surface area contributed by atoms with Crippen molar-refractivity contribution in [3.63, 3.8) is 0 Å². The Morgan fingerprint density at radius 3 is 1.53 bits per heavy atom. The van der Waals surface area contributed by atoms with Crippen molar-refractivity contribution in [1.82, 2.24) is 0 Å². The molecule has 0 atom stereocenters. The van der Waals surface area contributed by atoms with Crippen molar-refractivity contribution in [2.75, 3.05) is 66.1 Å². The van der Waals surface area contributed by atoms with Crippen LogP contribution < -0.4 is 0 Å². The number of hydrogen-bond acceptors (Lipinski definition) is 8. The van der Waals surface area contributed by atoms with Crippen molar-refractivity contribution in [2.24, 2.45) is 0 Å². The first kappa shape index (κ1) is 35.5. The summed E-state index contributed by atoms with van der Waals surface area (Å²) >= 11 is 0. The van der Waals surface area contributed by atoms with Gasteiger partial charge in [0, 0.05) is 13.2 Å². The minimum absolute atomic E-state index is 0. The van der Waals surface area contributed by atoms with E-state index in [2.05, 4.69) is 6.92 Å². The monoisotopic (exact) mass is 482 g/mol. The van der Waals surface area contributed by atoms with E-state index in [9.17, 15) is 8.42 Å². The summed E-state index contributed by atoms with van der Waals surface area (Å²) in [7, 11) is -3.69. The van der Waals surface area contributed by atoms with Crippen LogP contribution in [0.3, 0.4) is 0 Å². The lowest BCUT2D eigenvalue weighted by atomic mass is 10.2. The van der Waals surface area contributed by atoms with E-state index >= 15 is 0 Å². The zero-order valence-corrected chi connectivity index (χ0v) is 19.3. The third-order valence-corrected chi connectivity index (χ3v) is 4.78. The highest BCUT2D eigenvalue weighted by Gasteiger charge is 2.14. The molecule has 0 amide bonds. The standard InChI is InChI=1S/C14H22O5S.C7H16O3.2CH4/c1-3-8-17-9-10-18-11-12-19-20(15,16)14-6-4-13(2)5-7-14;1-2-4-9-6-7-10-5-3-8;;/h4-7H,3,8-12H2,1-2H3;8H,2-7H2,1H3;2*1H4. The Morgan fingerprint density at radius 2 is 1.09 bits per heavy atom. The Morgan fingerprint density at radius 1 is 0.688 bits per heavy atom. The molecule has 0 spiro atoms. The average molecular weight is 483 g/mol. The molecule has 1 aromatic carbocycles. The average Bonchev–Trinajstić information content (AvgIpc) is 2.73. The Balaban J connectivity index is -0.000000602. The molecule has 0 bridgehead atoms. The highest BCUT2D eigenvalue weighted by Crippen LogP contribution is 2.12. The molecule has 0 aromatic heterocycles. The summed E-state index contributed by atoms with van der Waals surface area (Å²) < 4.78 is 49.0. The number of aliphatic hydroxyl groups excluding tert-OH is 1. The van der Waals surface area contributed by atoms with Crippen LogP contribution in [0, 0.1) is 6.92 Å². The SMILES string of the molecule is C.C.CCCOCCOCCO.CCCOCCOCCOS(=O)(=O)c1ccc(C)cc1. The normalized spacial score (nSPS) is 10.5. The van der Waals surface area contributed by atoms with Crippen molar-refractivity contribution in [3.8, 4) is 0 Å². The van der Waals surface area contributed by atoms with E-state index in [1.807, 2.05) is 13.8 Å². The van der Waals surface area contributed by atoms with Gasteiger partial charge in [0.25, 0.3) is 10.1 Å². The zero-order valence-electron chi connectivity index (χ0n) is 18.5. The van der Waals surface area contributed by atoms with Crippen LogP contribution in [0.25, 0.3) is 0 Å². The molecular formula is C23H46O8S. The Labute approximate surface area is 196 Å². The molecule has 0 saturated heterocycles. The molecule has 1 aromatic rings. The molecule has 0 saturated carbocycles. The molecule has 1 N–H and O–H groups in total. The molecule has 1 rings (SSSR count). The first-order valence-corrected chi connectivity index (χ1v) is 11.8. The first-order valence-electron chi connectivity index (χ1n) is 10.4. The lowest BCUT2D eigenvalue weighted by Crippen LogP contribution is -2.13. The lowest BCUT2D eigenvalue weighted by Gasteiger charge is -2.07. The lowest BCUT2D eigenvalue weighted by molar-refractivity contribution is 0.0333. The van der Waals surface area contributed by atoms with Crippen molar-refractivity contribution >= 4 is 10.1 Å². The maximum Gasteiger partial charge on any atom is 0.297 e. The van der Waals surface area contributed by atoms with Crippen LogP contribution in [0.2, 0.25) is 0 Å². The minimum atomic E-state index is -3.69.